The summed E-state index contributed by atoms with van der Waals surface area (Å²) in [6.07, 6.45) is 5.34. The number of allylic oxidation sites excluding steroid dienone is 1. The van der Waals surface area contributed by atoms with Gasteiger partial charge in [-0.3, -0.25) is 15.0 Å². The lowest BCUT2D eigenvalue weighted by molar-refractivity contribution is 0.372. The second kappa shape index (κ2) is 6.66. The zero-order valence-corrected chi connectivity index (χ0v) is 16.9. The molecule has 0 saturated heterocycles. The Morgan fingerprint density at radius 3 is 2.60 bits per heavy atom. The van der Waals surface area contributed by atoms with Crippen LogP contribution < -0.4 is 15.6 Å². The monoisotopic (exact) mass is 404 g/mol. The molecule has 4 N–H and O–H groups in total. The number of hydrogen-bond acceptors (Lipinski definition) is 6. The maximum Gasteiger partial charge on any atom is 0.201 e. The molecule has 0 fully saturated rings. The Bertz CT molecular complexity index is 1180. The summed E-state index contributed by atoms with van der Waals surface area (Å²) in [5, 5.41) is 36.2. The number of phenols is 1. The van der Waals surface area contributed by atoms with E-state index in [0.29, 0.717) is 23.2 Å². The van der Waals surface area contributed by atoms with Gasteiger partial charge in [0.1, 0.15) is 11.4 Å². The predicted molar refractivity (Wildman–Crippen MR) is 118 cm³/mol. The fraction of sp³-hybridized carbons (Fsp3) is 0.217. The van der Waals surface area contributed by atoms with E-state index in [4.69, 9.17) is 0 Å². The van der Waals surface area contributed by atoms with Crippen LogP contribution in [-0.4, -0.2) is 26.9 Å². The van der Waals surface area contributed by atoms with Crippen LogP contribution in [-0.2, 0) is 13.0 Å². The van der Waals surface area contributed by atoms with E-state index in [1.807, 2.05) is 67.5 Å². The Kier molecular flexibility index (Phi) is 4.06. The van der Waals surface area contributed by atoms with Crippen molar-refractivity contribution in [3.05, 3.63) is 64.7 Å². The van der Waals surface area contributed by atoms with Gasteiger partial charge >= 0.3 is 0 Å². The molecular formula is C23H24N4O3. The van der Waals surface area contributed by atoms with E-state index in [9.17, 15) is 15.3 Å². The largest absolute Gasteiger partial charge is 0.505 e. The van der Waals surface area contributed by atoms with Crippen molar-refractivity contribution in [2.75, 3.05) is 22.6 Å². The molecule has 0 bridgehead atoms. The number of fused-ring (bicyclic) bond motifs is 2. The summed E-state index contributed by atoms with van der Waals surface area (Å²) in [6, 6.07) is 11.7. The first-order valence-corrected chi connectivity index (χ1v) is 9.97. The molecule has 154 valence electrons. The van der Waals surface area contributed by atoms with Crippen LogP contribution in [0.5, 0.6) is 17.5 Å². The first kappa shape index (κ1) is 18.3. The molecule has 3 aromatic rings. The molecule has 5 rings (SSSR count). The van der Waals surface area contributed by atoms with Gasteiger partial charge in [-0.15, -0.1) is 0 Å². The van der Waals surface area contributed by atoms with Gasteiger partial charge in [-0.2, -0.15) is 5.12 Å². The van der Waals surface area contributed by atoms with Crippen molar-refractivity contribution in [3.63, 3.8) is 0 Å². The number of rotatable bonds is 3. The fourth-order valence-electron chi connectivity index (χ4n) is 4.32. The van der Waals surface area contributed by atoms with Crippen molar-refractivity contribution < 1.29 is 15.3 Å². The quantitative estimate of drug-likeness (QED) is 0.526. The van der Waals surface area contributed by atoms with Crippen LogP contribution in [0.25, 0.3) is 6.08 Å². The maximum atomic E-state index is 11.1. The number of phenolic OH excluding ortho intramolecular Hbond substituents is 1. The lowest BCUT2D eigenvalue weighted by atomic mass is 10.0. The number of nitrogens with zero attached hydrogens (tertiary/aromatic N) is 3. The van der Waals surface area contributed by atoms with Crippen LogP contribution in [0, 0.1) is 6.92 Å². The Hall–Kier alpha value is -3.74. The van der Waals surface area contributed by atoms with E-state index in [0.717, 1.165) is 28.9 Å². The Labute approximate surface area is 174 Å². The number of aromatic hydroxyl groups is 3. The van der Waals surface area contributed by atoms with Gasteiger partial charge < -0.3 is 15.3 Å². The topological polar surface area (TPSA) is 84.1 Å². The van der Waals surface area contributed by atoms with Crippen molar-refractivity contribution in [2.24, 2.45) is 0 Å². The summed E-state index contributed by atoms with van der Waals surface area (Å²) < 4.78 is 1.45. The zero-order chi connectivity index (χ0) is 21.0. The molecule has 0 unspecified atom stereocenters. The average molecular weight is 404 g/mol. The van der Waals surface area contributed by atoms with E-state index in [1.165, 1.54) is 4.57 Å². The zero-order valence-electron chi connectivity index (χ0n) is 16.9. The number of aryl methyl sites for hydroxylation is 1. The molecule has 30 heavy (non-hydrogen) atoms. The molecule has 0 atom stereocenters. The number of hydrazine groups is 2. The highest BCUT2D eigenvalue weighted by molar-refractivity contribution is 5.82. The summed E-state index contributed by atoms with van der Waals surface area (Å²) in [5.74, 6) is 0.164. The minimum absolute atomic E-state index is 0.0183. The number of para-hydroxylation sites is 2. The molecule has 2 aromatic carbocycles. The molecule has 1 aliphatic carbocycles. The van der Waals surface area contributed by atoms with Crippen LogP contribution in [0.1, 0.15) is 28.7 Å². The van der Waals surface area contributed by atoms with Crippen molar-refractivity contribution in [2.45, 2.75) is 26.3 Å². The third-order valence-electron chi connectivity index (χ3n) is 5.84. The van der Waals surface area contributed by atoms with E-state index in [-0.39, 0.29) is 24.1 Å². The van der Waals surface area contributed by atoms with Crippen molar-refractivity contribution in [1.82, 2.24) is 4.57 Å². The van der Waals surface area contributed by atoms with Crippen molar-refractivity contribution in [3.8, 4) is 17.5 Å². The Morgan fingerprint density at radius 1 is 1.03 bits per heavy atom. The summed E-state index contributed by atoms with van der Waals surface area (Å²) in [6.45, 7) is 2.11. The molecule has 0 amide bonds. The van der Waals surface area contributed by atoms with Crippen LogP contribution in [0.4, 0.5) is 17.1 Å². The molecule has 0 saturated carbocycles. The van der Waals surface area contributed by atoms with Crippen molar-refractivity contribution >= 4 is 23.1 Å². The second-order valence-corrected chi connectivity index (χ2v) is 7.82. The van der Waals surface area contributed by atoms with Gasteiger partial charge in [-0.05, 0) is 43.5 Å². The fourth-order valence-corrected chi connectivity index (χ4v) is 4.32. The van der Waals surface area contributed by atoms with E-state index >= 15 is 0 Å². The maximum absolute atomic E-state index is 11.1. The molecule has 7 nitrogen and oxygen atoms in total. The highest BCUT2D eigenvalue weighted by Crippen LogP contribution is 2.43. The van der Waals surface area contributed by atoms with E-state index in [1.54, 1.807) is 5.12 Å². The molecular weight excluding hydrogens is 380 g/mol. The van der Waals surface area contributed by atoms with Crippen molar-refractivity contribution in [1.29, 1.82) is 0 Å². The highest BCUT2D eigenvalue weighted by atomic mass is 16.3. The Morgan fingerprint density at radius 2 is 1.83 bits per heavy atom. The van der Waals surface area contributed by atoms with Crippen LogP contribution in [0.15, 0.2) is 42.5 Å². The lowest BCUT2D eigenvalue weighted by Gasteiger charge is -2.29. The van der Waals surface area contributed by atoms with Gasteiger partial charge in [0.25, 0.3) is 0 Å². The molecule has 0 radical (unpaired) electrons. The van der Waals surface area contributed by atoms with Gasteiger partial charge in [0.2, 0.25) is 5.88 Å². The number of aromatic nitrogens is 1. The smallest absolute Gasteiger partial charge is 0.201 e. The minimum atomic E-state index is 0.0183. The number of hydrogen-bond donors (Lipinski definition) is 4. The summed E-state index contributed by atoms with van der Waals surface area (Å²) >= 11 is 0. The molecule has 2 aliphatic rings. The lowest BCUT2D eigenvalue weighted by Crippen LogP contribution is -2.39. The van der Waals surface area contributed by atoms with E-state index < -0.39 is 0 Å². The van der Waals surface area contributed by atoms with Gasteiger partial charge in [-0.25, -0.2) is 0 Å². The standard InChI is InChI=1S/C23H24N4O3/c1-14-11-15(13-26-22(29)16-7-3-4-8-17(16)23(26)30)21(28)20(12-14)27-24-18-9-5-6-10-19(18)25(27)2/h3,5-7,9-12,24,28-30H,4,8,13H2,1-2H3. The SMILES string of the molecule is Cc1cc(Cn2c(O)c3c(c2O)CCC=C3)c(O)c(N2Nc3ccccc3N2C)c1. The highest BCUT2D eigenvalue weighted by Gasteiger charge is 2.28. The average Bonchev–Trinajstić information content (AvgIpc) is 3.20. The summed E-state index contributed by atoms with van der Waals surface area (Å²) in [5.41, 5.74) is 8.82. The minimum Gasteiger partial charge on any atom is -0.505 e. The van der Waals surface area contributed by atoms with Gasteiger partial charge in [0.05, 0.1) is 17.9 Å². The number of anilines is 3. The summed E-state index contributed by atoms with van der Waals surface area (Å²) in [7, 11) is 1.92. The first-order valence-electron chi connectivity index (χ1n) is 9.97. The number of nitrogens with one attached hydrogen (secondary N) is 1. The molecule has 1 aromatic heterocycles. The normalized spacial score (nSPS) is 14.6. The third-order valence-corrected chi connectivity index (χ3v) is 5.84. The Balaban J connectivity index is 1.54. The van der Waals surface area contributed by atoms with Crippen LogP contribution in [0.2, 0.25) is 0 Å². The van der Waals surface area contributed by atoms with Crippen LogP contribution in [0.3, 0.4) is 0 Å². The van der Waals surface area contributed by atoms with E-state index in [2.05, 4.69) is 5.43 Å². The summed E-state index contributed by atoms with van der Waals surface area (Å²) in [4.78, 5) is 0. The second-order valence-electron chi connectivity index (χ2n) is 7.82. The first-order chi connectivity index (χ1) is 14.5. The predicted octanol–water partition coefficient (Wildman–Crippen LogP) is 4.12. The molecule has 7 heteroatoms. The third kappa shape index (κ3) is 2.66. The number of benzene rings is 2. The van der Waals surface area contributed by atoms with Crippen LogP contribution >= 0.6 is 0 Å². The van der Waals surface area contributed by atoms with Gasteiger partial charge in [0.15, 0.2) is 5.88 Å². The molecule has 2 heterocycles. The molecule has 1 aliphatic heterocycles. The van der Waals surface area contributed by atoms with Gasteiger partial charge in [-0.1, -0.05) is 30.4 Å². The van der Waals surface area contributed by atoms with Gasteiger partial charge in [0, 0.05) is 23.7 Å². The molecule has 0 spiro atoms.